The van der Waals surface area contributed by atoms with Crippen LogP contribution in [0.3, 0.4) is 0 Å². The lowest BCUT2D eigenvalue weighted by Crippen LogP contribution is -2.21. The molecule has 1 aromatic heterocycles. The van der Waals surface area contributed by atoms with Crippen LogP contribution in [0.5, 0.6) is 0 Å². The fourth-order valence-electron chi connectivity index (χ4n) is 2.99. The molecule has 1 aromatic carbocycles. The second kappa shape index (κ2) is 5.76. The largest absolute Gasteiger partial charge is 0.392 e. The molecule has 0 radical (unpaired) electrons. The number of hydrogen-bond donors (Lipinski definition) is 1. The summed E-state index contributed by atoms with van der Waals surface area (Å²) in [7, 11) is 0. The first kappa shape index (κ1) is 12.7. The van der Waals surface area contributed by atoms with Crippen molar-refractivity contribution in [2.45, 2.75) is 32.4 Å². The Morgan fingerprint density at radius 3 is 2.68 bits per heavy atom. The van der Waals surface area contributed by atoms with Crippen molar-refractivity contribution in [3.05, 3.63) is 36.0 Å². The Morgan fingerprint density at radius 1 is 1.05 bits per heavy atom. The van der Waals surface area contributed by atoms with Gasteiger partial charge in [-0.1, -0.05) is 12.1 Å². The summed E-state index contributed by atoms with van der Waals surface area (Å²) in [6.07, 6.45) is 6.10. The van der Waals surface area contributed by atoms with Crippen molar-refractivity contribution in [3.8, 4) is 0 Å². The van der Waals surface area contributed by atoms with E-state index in [1.807, 2.05) is 6.07 Å². The van der Waals surface area contributed by atoms with Crippen molar-refractivity contribution in [1.82, 2.24) is 9.47 Å². The van der Waals surface area contributed by atoms with Crippen molar-refractivity contribution in [2.75, 3.05) is 19.6 Å². The Labute approximate surface area is 114 Å². The van der Waals surface area contributed by atoms with Gasteiger partial charge in [0.15, 0.2) is 0 Å². The molecule has 3 nitrogen and oxygen atoms in total. The van der Waals surface area contributed by atoms with Gasteiger partial charge >= 0.3 is 0 Å². The smallest absolute Gasteiger partial charge is 0.0682 e. The Hall–Kier alpha value is -1.32. The summed E-state index contributed by atoms with van der Waals surface area (Å²) in [6, 6.07) is 8.35. The van der Waals surface area contributed by atoms with E-state index in [2.05, 4.69) is 33.9 Å². The highest BCUT2D eigenvalue weighted by Crippen LogP contribution is 2.18. The zero-order chi connectivity index (χ0) is 13.1. The predicted octanol–water partition coefficient (Wildman–Crippen LogP) is 2.62. The van der Waals surface area contributed by atoms with E-state index in [1.54, 1.807) is 0 Å². The molecule has 1 aliphatic rings. The summed E-state index contributed by atoms with van der Waals surface area (Å²) in [5.41, 5.74) is 2.24. The van der Waals surface area contributed by atoms with Crippen LogP contribution in [-0.2, 0) is 13.2 Å². The quantitative estimate of drug-likeness (QED) is 0.893. The van der Waals surface area contributed by atoms with Gasteiger partial charge < -0.3 is 14.6 Å². The van der Waals surface area contributed by atoms with Gasteiger partial charge in [-0.25, -0.2) is 0 Å². The molecule has 19 heavy (non-hydrogen) atoms. The minimum atomic E-state index is 0.120. The van der Waals surface area contributed by atoms with Crippen LogP contribution in [0.4, 0.5) is 0 Å². The number of rotatable bonds is 5. The SMILES string of the molecule is OCc1ccc2ccn(CCCN3CCCC3)c2c1. The molecule has 2 aromatic rings. The highest BCUT2D eigenvalue weighted by atomic mass is 16.3. The maximum absolute atomic E-state index is 9.23. The van der Waals surface area contributed by atoms with Gasteiger partial charge in [-0.3, -0.25) is 0 Å². The zero-order valence-electron chi connectivity index (χ0n) is 11.4. The number of aliphatic hydroxyl groups excluding tert-OH is 1. The van der Waals surface area contributed by atoms with E-state index in [-0.39, 0.29) is 6.61 Å². The minimum absolute atomic E-state index is 0.120. The molecule has 0 unspecified atom stereocenters. The molecular weight excluding hydrogens is 236 g/mol. The molecule has 0 atom stereocenters. The molecule has 3 heteroatoms. The Bertz CT molecular complexity index is 541. The Morgan fingerprint density at radius 2 is 1.89 bits per heavy atom. The van der Waals surface area contributed by atoms with Gasteiger partial charge in [0.1, 0.15) is 0 Å². The third-order valence-corrected chi connectivity index (χ3v) is 4.09. The molecule has 102 valence electrons. The molecule has 0 aliphatic carbocycles. The van der Waals surface area contributed by atoms with Crippen LogP contribution in [0, 0.1) is 0 Å². The first-order chi connectivity index (χ1) is 9.36. The average molecular weight is 258 g/mol. The fourth-order valence-corrected chi connectivity index (χ4v) is 2.99. The highest BCUT2D eigenvalue weighted by Gasteiger charge is 2.10. The van der Waals surface area contributed by atoms with E-state index in [0.717, 1.165) is 12.1 Å². The summed E-state index contributed by atoms with van der Waals surface area (Å²) >= 11 is 0. The Balaban J connectivity index is 1.66. The number of nitrogens with zero attached hydrogens (tertiary/aromatic N) is 2. The molecular formula is C16H22N2O. The van der Waals surface area contributed by atoms with Crippen LogP contribution >= 0.6 is 0 Å². The molecule has 2 heterocycles. The lowest BCUT2D eigenvalue weighted by Gasteiger charge is -2.14. The number of aryl methyl sites for hydroxylation is 1. The number of hydrogen-bond acceptors (Lipinski definition) is 2. The third-order valence-electron chi connectivity index (χ3n) is 4.09. The molecule has 3 rings (SSSR count). The number of fused-ring (bicyclic) bond motifs is 1. The van der Waals surface area contributed by atoms with Crippen molar-refractivity contribution >= 4 is 10.9 Å². The number of aliphatic hydroxyl groups is 1. The lowest BCUT2D eigenvalue weighted by atomic mass is 10.2. The van der Waals surface area contributed by atoms with E-state index < -0.39 is 0 Å². The van der Waals surface area contributed by atoms with E-state index >= 15 is 0 Å². The van der Waals surface area contributed by atoms with Gasteiger partial charge in [0, 0.05) is 18.3 Å². The zero-order valence-corrected chi connectivity index (χ0v) is 11.4. The van der Waals surface area contributed by atoms with Gasteiger partial charge in [-0.2, -0.15) is 0 Å². The van der Waals surface area contributed by atoms with E-state index in [0.29, 0.717) is 0 Å². The van der Waals surface area contributed by atoms with Gasteiger partial charge in [0.05, 0.1) is 6.61 Å². The van der Waals surface area contributed by atoms with Crippen molar-refractivity contribution in [3.63, 3.8) is 0 Å². The third kappa shape index (κ3) is 2.82. The van der Waals surface area contributed by atoms with Crippen LogP contribution in [0.2, 0.25) is 0 Å². The van der Waals surface area contributed by atoms with Crippen molar-refractivity contribution in [1.29, 1.82) is 0 Å². The first-order valence-corrected chi connectivity index (χ1v) is 7.28. The summed E-state index contributed by atoms with van der Waals surface area (Å²) in [5.74, 6) is 0. The maximum atomic E-state index is 9.23. The van der Waals surface area contributed by atoms with Crippen LogP contribution in [0.1, 0.15) is 24.8 Å². The molecule has 0 spiro atoms. The van der Waals surface area contributed by atoms with E-state index in [4.69, 9.17) is 0 Å². The molecule has 0 amide bonds. The number of aromatic nitrogens is 1. The van der Waals surface area contributed by atoms with Crippen LogP contribution < -0.4 is 0 Å². The van der Waals surface area contributed by atoms with Gasteiger partial charge in [-0.15, -0.1) is 0 Å². The highest BCUT2D eigenvalue weighted by molar-refractivity contribution is 5.80. The first-order valence-electron chi connectivity index (χ1n) is 7.28. The minimum Gasteiger partial charge on any atom is -0.392 e. The molecule has 1 N–H and O–H groups in total. The van der Waals surface area contributed by atoms with Crippen LogP contribution in [0.15, 0.2) is 30.5 Å². The van der Waals surface area contributed by atoms with E-state index in [9.17, 15) is 5.11 Å². The summed E-state index contributed by atoms with van der Waals surface area (Å²) in [5, 5.41) is 10.5. The molecule has 1 aliphatic heterocycles. The lowest BCUT2D eigenvalue weighted by molar-refractivity contribution is 0.282. The molecule has 0 bridgehead atoms. The summed E-state index contributed by atoms with van der Waals surface area (Å²) in [4.78, 5) is 2.56. The molecule has 1 fully saturated rings. The topological polar surface area (TPSA) is 28.4 Å². The van der Waals surface area contributed by atoms with Gasteiger partial charge in [-0.05, 0) is 62.0 Å². The second-order valence-electron chi connectivity index (χ2n) is 5.46. The predicted molar refractivity (Wildman–Crippen MR) is 78.2 cm³/mol. The maximum Gasteiger partial charge on any atom is 0.0682 e. The summed E-state index contributed by atoms with van der Waals surface area (Å²) < 4.78 is 2.31. The molecule has 0 saturated carbocycles. The summed E-state index contributed by atoms with van der Waals surface area (Å²) in [6.45, 7) is 4.95. The normalized spacial score (nSPS) is 16.5. The van der Waals surface area contributed by atoms with Crippen LogP contribution in [0.25, 0.3) is 10.9 Å². The average Bonchev–Trinajstić information content (AvgIpc) is 3.08. The monoisotopic (exact) mass is 258 g/mol. The second-order valence-corrected chi connectivity index (χ2v) is 5.46. The number of benzene rings is 1. The fraction of sp³-hybridized carbons (Fsp3) is 0.500. The van der Waals surface area contributed by atoms with Crippen molar-refractivity contribution < 1.29 is 5.11 Å². The van der Waals surface area contributed by atoms with Gasteiger partial charge in [0.2, 0.25) is 0 Å². The van der Waals surface area contributed by atoms with Crippen LogP contribution in [-0.4, -0.2) is 34.2 Å². The Kier molecular flexibility index (Phi) is 3.85. The number of likely N-dealkylation sites (tertiary alicyclic amines) is 1. The standard InChI is InChI=1S/C16H22N2O/c19-13-14-4-5-15-6-11-18(16(15)12-14)10-3-9-17-7-1-2-8-17/h4-6,11-12,19H,1-3,7-10,13H2. The van der Waals surface area contributed by atoms with E-state index in [1.165, 1.54) is 49.8 Å². The van der Waals surface area contributed by atoms with Crippen molar-refractivity contribution in [2.24, 2.45) is 0 Å². The molecule has 1 saturated heterocycles. The van der Waals surface area contributed by atoms with Gasteiger partial charge in [0.25, 0.3) is 0 Å².